The van der Waals surface area contributed by atoms with E-state index >= 15 is 0 Å². The second-order valence-corrected chi connectivity index (χ2v) is 6.29. The Morgan fingerprint density at radius 1 is 1.32 bits per heavy atom. The fourth-order valence-electron chi connectivity index (χ4n) is 3.17. The van der Waals surface area contributed by atoms with Crippen molar-refractivity contribution >= 4 is 24.2 Å². The van der Waals surface area contributed by atoms with E-state index < -0.39 is 0 Å². The van der Waals surface area contributed by atoms with Gasteiger partial charge in [0.15, 0.2) is 0 Å². The zero-order chi connectivity index (χ0) is 15.2. The highest BCUT2D eigenvalue weighted by molar-refractivity contribution is 5.85. The highest BCUT2D eigenvalue weighted by atomic mass is 35.5. The molecule has 0 aromatic rings. The standard InChI is InChI=1S/C15H27N3O3.ClH/c1-18(2)15(20)11-4-3-5-12(8-11)17-14(19)9-13-10-21-7-6-16-13;/h11-13,16H,3-10H2,1-2H3,(H,17,19);1H. The maximum absolute atomic E-state index is 12.1. The molecule has 2 aliphatic rings. The zero-order valence-corrected chi connectivity index (χ0v) is 14.3. The summed E-state index contributed by atoms with van der Waals surface area (Å²) in [6.45, 7) is 2.12. The molecule has 0 aromatic carbocycles. The Morgan fingerprint density at radius 2 is 2.09 bits per heavy atom. The lowest BCUT2D eigenvalue weighted by atomic mass is 9.84. The van der Waals surface area contributed by atoms with Crippen molar-refractivity contribution < 1.29 is 14.3 Å². The molecule has 2 fully saturated rings. The fraction of sp³-hybridized carbons (Fsp3) is 0.867. The minimum absolute atomic E-state index is 0. The predicted octanol–water partition coefficient (Wildman–Crippen LogP) is 0.550. The summed E-state index contributed by atoms with van der Waals surface area (Å²) >= 11 is 0. The van der Waals surface area contributed by atoms with Crippen molar-refractivity contribution in [1.82, 2.24) is 15.5 Å². The third-order valence-corrected chi connectivity index (χ3v) is 4.26. The highest BCUT2D eigenvalue weighted by Crippen LogP contribution is 2.25. The Labute approximate surface area is 138 Å². The largest absolute Gasteiger partial charge is 0.378 e. The minimum Gasteiger partial charge on any atom is -0.378 e. The Kier molecular flexibility index (Phi) is 8.14. The number of carbonyl (C=O) groups excluding carboxylic acids is 2. The molecule has 2 rings (SSSR count). The SMILES string of the molecule is CN(C)C(=O)C1CCCC(NC(=O)CC2COCCN2)C1.Cl. The summed E-state index contributed by atoms with van der Waals surface area (Å²) in [6, 6.07) is 0.242. The summed E-state index contributed by atoms with van der Waals surface area (Å²) in [7, 11) is 3.58. The summed E-state index contributed by atoms with van der Waals surface area (Å²) in [6.07, 6.45) is 4.11. The molecule has 6 nitrogen and oxygen atoms in total. The molecular weight excluding hydrogens is 306 g/mol. The van der Waals surface area contributed by atoms with Gasteiger partial charge in [0.25, 0.3) is 0 Å². The van der Waals surface area contributed by atoms with Gasteiger partial charge in [0.1, 0.15) is 0 Å². The van der Waals surface area contributed by atoms with E-state index in [0.717, 1.165) is 38.8 Å². The van der Waals surface area contributed by atoms with Crippen LogP contribution in [0.1, 0.15) is 32.1 Å². The van der Waals surface area contributed by atoms with Crippen molar-refractivity contribution in [3.63, 3.8) is 0 Å². The third-order valence-electron chi connectivity index (χ3n) is 4.26. The smallest absolute Gasteiger partial charge is 0.225 e. The molecule has 3 atom stereocenters. The van der Waals surface area contributed by atoms with E-state index in [-0.39, 0.29) is 42.2 Å². The molecule has 2 N–H and O–H groups in total. The van der Waals surface area contributed by atoms with Gasteiger partial charge in [0, 0.05) is 45.1 Å². The monoisotopic (exact) mass is 333 g/mol. The molecule has 1 aliphatic carbocycles. The second-order valence-electron chi connectivity index (χ2n) is 6.29. The van der Waals surface area contributed by atoms with E-state index in [1.54, 1.807) is 19.0 Å². The molecule has 22 heavy (non-hydrogen) atoms. The van der Waals surface area contributed by atoms with Crippen LogP contribution in [0.15, 0.2) is 0 Å². The molecule has 1 heterocycles. The molecule has 2 amide bonds. The van der Waals surface area contributed by atoms with Crippen LogP contribution < -0.4 is 10.6 Å². The van der Waals surface area contributed by atoms with Crippen LogP contribution in [0.5, 0.6) is 0 Å². The number of hydrogen-bond acceptors (Lipinski definition) is 4. The number of halogens is 1. The number of morpholine rings is 1. The van der Waals surface area contributed by atoms with Gasteiger partial charge in [-0.15, -0.1) is 12.4 Å². The van der Waals surface area contributed by atoms with Crippen LogP contribution in [0.25, 0.3) is 0 Å². The van der Waals surface area contributed by atoms with Gasteiger partial charge in [-0.05, 0) is 19.3 Å². The van der Waals surface area contributed by atoms with Crippen LogP contribution in [0, 0.1) is 5.92 Å². The van der Waals surface area contributed by atoms with Crippen molar-refractivity contribution in [2.45, 2.75) is 44.2 Å². The summed E-state index contributed by atoms with van der Waals surface area (Å²) in [5, 5.41) is 6.37. The van der Waals surface area contributed by atoms with E-state index in [1.165, 1.54) is 0 Å². The van der Waals surface area contributed by atoms with E-state index in [9.17, 15) is 9.59 Å². The topological polar surface area (TPSA) is 70.7 Å². The molecule has 0 spiro atoms. The number of ether oxygens (including phenoxy) is 1. The number of nitrogens with one attached hydrogen (secondary N) is 2. The molecule has 3 unspecified atom stereocenters. The fourth-order valence-corrected chi connectivity index (χ4v) is 3.17. The maximum Gasteiger partial charge on any atom is 0.225 e. The number of rotatable bonds is 4. The molecule has 1 saturated carbocycles. The Bertz CT molecular complexity index is 373. The summed E-state index contributed by atoms with van der Waals surface area (Å²) < 4.78 is 5.36. The van der Waals surface area contributed by atoms with E-state index in [2.05, 4.69) is 10.6 Å². The maximum atomic E-state index is 12.1. The van der Waals surface area contributed by atoms with Crippen LogP contribution in [-0.4, -0.2) is 62.7 Å². The first-order chi connectivity index (χ1) is 10.1. The molecular formula is C15H28ClN3O3. The Morgan fingerprint density at radius 3 is 2.73 bits per heavy atom. The van der Waals surface area contributed by atoms with Crippen LogP contribution in [-0.2, 0) is 14.3 Å². The first-order valence-corrected chi connectivity index (χ1v) is 7.88. The quantitative estimate of drug-likeness (QED) is 0.788. The molecule has 128 valence electrons. The number of amides is 2. The lowest BCUT2D eigenvalue weighted by molar-refractivity contribution is -0.135. The molecule has 1 saturated heterocycles. The average Bonchev–Trinajstić information content (AvgIpc) is 2.47. The van der Waals surface area contributed by atoms with Gasteiger partial charge >= 0.3 is 0 Å². The van der Waals surface area contributed by atoms with E-state index in [4.69, 9.17) is 4.74 Å². The Hall–Kier alpha value is -0.850. The number of carbonyl (C=O) groups is 2. The summed E-state index contributed by atoms with van der Waals surface area (Å²) in [5.41, 5.74) is 0. The van der Waals surface area contributed by atoms with Gasteiger partial charge in [0.05, 0.1) is 13.2 Å². The molecule has 0 aromatic heterocycles. The minimum atomic E-state index is 0. The normalized spacial score (nSPS) is 28.4. The van der Waals surface area contributed by atoms with Crippen molar-refractivity contribution in [3.8, 4) is 0 Å². The van der Waals surface area contributed by atoms with Crippen molar-refractivity contribution in [2.75, 3.05) is 33.9 Å². The van der Waals surface area contributed by atoms with Crippen molar-refractivity contribution in [3.05, 3.63) is 0 Å². The lowest BCUT2D eigenvalue weighted by Gasteiger charge is -2.31. The Balaban J connectivity index is 0.00000242. The average molecular weight is 334 g/mol. The van der Waals surface area contributed by atoms with Gasteiger partial charge in [0.2, 0.25) is 11.8 Å². The van der Waals surface area contributed by atoms with Crippen LogP contribution in [0.3, 0.4) is 0 Å². The molecule has 1 aliphatic heterocycles. The van der Waals surface area contributed by atoms with Crippen LogP contribution in [0.2, 0.25) is 0 Å². The van der Waals surface area contributed by atoms with Crippen LogP contribution >= 0.6 is 12.4 Å². The first-order valence-electron chi connectivity index (χ1n) is 7.88. The number of nitrogens with zero attached hydrogens (tertiary/aromatic N) is 1. The lowest BCUT2D eigenvalue weighted by Crippen LogP contribution is -2.47. The van der Waals surface area contributed by atoms with Gasteiger partial charge in [-0.2, -0.15) is 0 Å². The first kappa shape index (κ1) is 19.2. The summed E-state index contributed by atoms with van der Waals surface area (Å²) in [5.74, 6) is 0.285. The number of hydrogen-bond donors (Lipinski definition) is 2. The summed E-state index contributed by atoms with van der Waals surface area (Å²) in [4.78, 5) is 25.8. The van der Waals surface area contributed by atoms with Gasteiger partial charge in [-0.3, -0.25) is 9.59 Å². The van der Waals surface area contributed by atoms with Gasteiger partial charge < -0.3 is 20.3 Å². The van der Waals surface area contributed by atoms with Crippen LogP contribution in [0.4, 0.5) is 0 Å². The van der Waals surface area contributed by atoms with Crippen molar-refractivity contribution in [1.29, 1.82) is 0 Å². The second kappa shape index (κ2) is 9.33. The third kappa shape index (κ3) is 5.74. The molecule has 0 bridgehead atoms. The van der Waals surface area contributed by atoms with E-state index in [0.29, 0.717) is 13.0 Å². The van der Waals surface area contributed by atoms with Crippen molar-refractivity contribution in [2.24, 2.45) is 5.92 Å². The predicted molar refractivity (Wildman–Crippen MR) is 87.1 cm³/mol. The molecule has 0 radical (unpaired) electrons. The zero-order valence-electron chi connectivity index (χ0n) is 13.5. The highest BCUT2D eigenvalue weighted by Gasteiger charge is 2.29. The van der Waals surface area contributed by atoms with Gasteiger partial charge in [-0.25, -0.2) is 0 Å². The van der Waals surface area contributed by atoms with Gasteiger partial charge in [-0.1, -0.05) is 6.42 Å². The van der Waals surface area contributed by atoms with E-state index in [1.807, 2.05) is 0 Å². The molecule has 7 heteroatoms.